The molecule has 0 saturated carbocycles. The van der Waals surface area contributed by atoms with Gasteiger partial charge in [-0.25, -0.2) is 0 Å². The molecule has 2 aromatic rings. The number of ether oxygens (including phenoxy) is 1. The Labute approximate surface area is 113 Å². The van der Waals surface area contributed by atoms with Gasteiger partial charge in [-0.1, -0.05) is 12.1 Å². The van der Waals surface area contributed by atoms with E-state index >= 15 is 0 Å². The third-order valence-corrected chi connectivity index (χ3v) is 4.28. The van der Waals surface area contributed by atoms with Crippen molar-refractivity contribution < 1.29 is 9.53 Å². The molecule has 1 N–H and O–H groups in total. The number of hydrogen-bond acceptors (Lipinski definition) is 3. The maximum atomic E-state index is 11.3. The van der Waals surface area contributed by atoms with Crippen LogP contribution in [0.3, 0.4) is 0 Å². The van der Waals surface area contributed by atoms with Crippen molar-refractivity contribution in [3.63, 3.8) is 0 Å². The molecule has 0 aliphatic carbocycles. The van der Waals surface area contributed by atoms with Gasteiger partial charge in [0.2, 0.25) is 0 Å². The Kier molecular flexibility index (Phi) is 2.97. The van der Waals surface area contributed by atoms with Crippen molar-refractivity contribution in [1.29, 1.82) is 0 Å². The predicted molar refractivity (Wildman–Crippen MR) is 72.6 cm³/mol. The molecular formula is C13H10ClNO2S. The molecule has 1 aliphatic heterocycles. The van der Waals surface area contributed by atoms with Crippen molar-refractivity contribution in [3.05, 3.63) is 46.2 Å². The molecule has 1 aromatic carbocycles. The van der Waals surface area contributed by atoms with Gasteiger partial charge in [0, 0.05) is 4.88 Å². The van der Waals surface area contributed by atoms with Gasteiger partial charge in [-0.2, -0.15) is 0 Å². The Morgan fingerprint density at radius 3 is 3.06 bits per heavy atom. The molecule has 1 atom stereocenters. The van der Waals surface area contributed by atoms with Crippen LogP contribution in [0.25, 0.3) is 0 Å². The number of hydrogen-bond donors (Lipinski definition) is 1. The zero-order chi connectivity index (χ0) is 12.5. The largest absolute Gasteiger partial charge is 0.482 e. The molecular weight excluding hydrogens is 270 g/mol. The molecule has 18 heavy (non-hydrogen) atoms. The number of amides is 1. The van der Waals surface area contributed by atoms with Gasteiger partial charge in [-0.05, 0) is 29.1 Å². The van der Waals surface area contributed by atoms with Crippen LogP contribution in [0.1, 0.15) is 15.8 Å². The van der Waals surface area contributed by atoms with E-state index in [1.165, 1.54) is 0 Å². The lowest BCUT2D eigenvalue weighted by Crippen LogP contribution is -2.25. The highest BCUT2D eigenvalue weighted by Gasteiger charge is 2.19. The van der Waals surface area contributed by atoms with Crippen LogP contribution in [0, 0.1) is 0 Å². The number of fused-ring (bicyclic) bond motifs is 1. The third kappa shape index (κ3) is 2.09. The summed E-state index contributed by atoms with van der Waals surface area (Å²) in [5.74, 6) is 0.551. The minimum atomic E-state index is -0.200. The van der Waals surface area contributed by atoms with Crippen LogP contribution in [0.2, 0.25) is 0 Å². The molecule has 1 amide bonds. The van der Waals surface area contributed by atoms with Crippen LogP contribution in [0.15, 0.2) is 35.7 Å². The Balaban J connectivity index is 1.94. The normalized spacial score (nSPS) is 15.5. The van der Waals surface area contributed by atoms with Crippen LogP contribution < -0.4 is 10.1 Å². The smallest absolute Gasteiger partial charge is 0.262 e. The van der Waals surface area contributed by atoms with Gasteiger partial charge >= 0.3 is 0 Å². The number of anilines is 1. The molecule has 92 valence electrons. The van der Waals surface area contributed by atoms with Gasteiger partial charge in [0.05, 0.1) is 11.1 Å². The average Bonchev–Trinajstić information content (AvgIpc) is 2.90. The molecule has 0 radical (unpaired) electrons. The van der Waals surface area contributed by atoms with Crippen LogP contribution in [0.5, 0.6) is 5.75 Å². The summed E-state index contributed by atoms with van der Waals surface area (Å²) < 4.78 is 5.31. The minimum Gasteiger partial charge on any atom is -0.482 e. The topological polar surface area (TPSA) is 38.3 Å². The van der Waals surface area contributed by atoms with Gasteiger partial charge in [0.15, 0.2) is 6.61 Å². The molecule has 0 fully saturated rings. The molecule has 0 spiro atoms. The van der Waals surface area contributed by atoms with Crippen molar-refractivity contribution in [3.8, 4) is 5.75 Å². The van der Waals surface area contributed by atoms with E-state index in [1.54, 1.807) is 11.3 Å². The van der Waals surface area contributed by atoms with E-state index < -0.39 is 0 Å². The first-order valence-electron chi connectivity index (χ1n) is 5.48. The Hall–Kier alpha value is -1.52. The van der Waals surface area contributed by atoms with Gasteiger partial charge in [-0.3, -0.25) is 4.79 Å². The van der Waals surface area contributed by atoms with Crippen molar-refractivity contribution in [2.24, 2.45) is 0 Å². The van der Waals surface area contributed by atoms with Crippen LogP contribution in [0.4, 0.5) is 5.69 Å². The maximum absolute atomic E-state index is 11.3. The number of carbonyl (C=O) groups excluding carboxylic acids is 1. The first-order chi connectivity index (χ1) is 8.74. The second kappa shape index (κ2) is 4.63. The quantitative estimate of drug-likeness (QED) is 0.856. The lowest BCUT2D eigenvalue weighted by molar-refractivity contribution is -0.118. The van der Waals surface area contributed by atoms with E-state index in [0.717, 1.165) is 10.4 Å². The fourth-order valence-corrected chi connectivity index (χ4v) is 2.95. The van der Waals surface area contributed by atoms with Crippen molar-refractivity contribution in [1.82, 2.24) is 0 Å². The molecule has 2 heterocycles. The van der Waals surface area contributed by atoms with E-state index in [9.17, 15) is 4.79 Å². The van der Waals surface area contributed by atoms with E-state index in [2.05, 4.69) is 5.32 Å². The fraction of sp³-hybridized carbons (Fsp3) is 0.154. The summed E-state index contributed by atoms with van der Waals surface area (Å²) in [6.45, 7) is 0.0710. The Bertz CT molecular complexity index is 583. The minimum absolute atomic E-state index is 0.0710. The highest BCUT2D eigenvalue weighted by atomic mass is 35.5. The number of nitrogens with one attached hydrogen (secondary N) is 1. The number of alkyl halides is 1. The Morgan fingerprint density at radius 1 is 1.39 bits per heavy atom. The number of rotatable bonds is 2. The number of thiophene rings is 1. The summed E-state index contributed by atoms with van der Waals surface area (Å²) in [7, 11) is 0. The average molecular weight is 280 g/mol. The zero-order valence-electron chi connectivity index (χ0n) is 9.35. The third-order valence-electron chi connectivity index (χ3n) is 2.72. The van der Waals surface area contributed by atoms with Crippen molar-refractivity contribution in [2.75, 3.05) is 11.9 Å². The van der Waals surface area contributed by atoms with E-state index in [0.29, 0.717) is 11.4 Å². The maximum Gasteiger partial charge on any atom is 0.262 e. The molecule has 1 aliphatic rings. The summed E-state index contributed by atoms with van der Waals surface area (Å²) in [4.78, 5) is 12.4. The molecule has 3 rings (SSSR count). The standard InChI is InChI=1S/C13H10ClNO2S/c14-13(11-2-1-5-18-11)8-3-4-10-9(6-8)15-12(16)7-17-10/h1-6,13H,7H2,(H,15,16). The summed E-state index contributed by atoms with van der Waals surface area (Å²) in [5, 5.41) is 4.58. The highest BCUT2D eigenvalue weighted by molar-refractivity contribution is 7.10. The zero-order valence-corrected chi connectivity index (χ0v) is 10.9. The van der Waals surface area contributed by atoms with Crippen molar-refractivity contribution >= 4 is 34.5 Å². The Morgan fingerprint density at radius 2 is 2.28 bits per heavy atom. The van der Waals surface area contributed by atoms with Gasteiger partial charge in [0.1, 0.15) is 5.75 Å². The molecule has 3 nitrogen and oxygen atoms in total. The van der Waals surface area contributed by atoms with E-state index in [-0.39, 0.29) is 17.9 Å². The molecule has 5 heteroatoms. The van der Waals surface area contributed by atoms with Crippen LogP contribution in [-0.4, -0.2) is 12.5 Å². The van der Waals surface area contributed by atoms with E-state index in [4.69, 9.17) is 16.3 Å². The van der Waals surface area contributed by atoms with E-state index in [1.807, 2.05) is 35.7 Å². The van der Waals surface area contributed by atoms with Gasteiger partial charge in [0.25, 0.3) is 5.91 Å². The monoisotopic (exact) mass is 279 g/mol. The molecule has 1 unspecified atom stereocenters. The second-order valence-corrected chi connectivity index (χ2v) is 5.39. The molecule has 1 aromatic heterocycles. The van der Waals surface area contributed by atoms with Crippen LogP contribution in [-0.2, 0) is 4.79 Å². The summed E-state index contributed by atoms with van der Waals surface area (Å²) >= 11 is 8.02. The van der Waals surface area contributed by atoms with Crippen molar-refractivity contribution in [2.45, 2.75) is 5.38 Å². The summed E-state index contributed by atoms with van der Waals surface area (Å²) in [5.41, 5.74) is 1.63. The first kappa shape index (κ1) is 11.6. The lowest BCUT2D eigenvalue weighted by Gasteiger charge is -2.19. The first-order valence-corrected chi connectivity index (χ1v) is 6.80. The summed E-state index contributed by atoms with van der Waals surface area (Å²) in [6, 6.07) is 9.60. The van der Waals surface area contributed by atoms with Gasteiger partial charge in [-0.15, -0.1) is 22.9 Å². The number of carbonyl (C=O) groups is 1. The van der Waals surface area contributed by atoms with Crippen LogP contribution >= 0.6 is 22.9 Å². The number of halogens is 1. The lowest BCUT2D eigenvalue weighted by atomic mass is 10.1. The highest BCUT2D eigenvalue weighted by Crippen LogP contribution is 2.36. The fourth-order valence-electron chi connectivity index (χ4n) is 1.86. The predicted octanol–water partition coefficient (Wildman–Crippen LogP) is 3.41. The van der Waals surface area contributed by atoms with Gasteiger partial charge < -0.3 is 10.1 Å². The molecule has 0 bridgehead atoms. The number of benzene rings is 1. The molecule has 0 saturated heterocycles. The second-order valence-electron chi connectivity index (χ2n) is 3.97. The summed E-state index contributed by atoms with van der Waals surface area (Å²) in [6.07, 6.45) is 0. The SMILES string of the molecule is O=C1COc2ccc(C(Cl)c3cccs3)cc2N1.